The summed E-state index contributed by atoms with van der Waals surface area (Å²) >= 11 is 0. The van der Waals surface area contributed by atoms with Gasteiger partial charge in [-0.15, -0.1) is 0 Å². The van der Waals surface area contributed by atoms with E-state index in [1.165, 1.54) is 19.3 Å². The van der Waals surface area contributed by atoms with E-state index in [-0.39, 0.29) is 0 Å². The lowest BCUT2D eigenvalue weighted by atomic mass is 9.96. The first-order valence-electron chi connectivity index (χ1n) is 5.96. The van der Waals surface area contributed by atoms with E-state index in [1.807, 2.05) is 6.20 Å². The van der Waals surface area contributed by atoms with Gasteiger partial charge >= 0.3 is 0 Å². The standard InChI is InChI=1S/C12H20N2O/c1-9-4-2-5-10(9)11-8-14-12(15-11)6-3-7-13/h8-10H,2-7,13H2,1H3. The van der Waals surface area contributed by atoms with E-state index < -0.39 is 0 Å². The summed E-state index contributed by atoms with van der Waals surface area (Å²) in [6.45, 7) is 3.01. The molecule has 1 aromatic rings. The molecule has 2 rings (SSSR count). The van der Waals surface area contributed by atoms with Crippen LogP contribution in [0.1, 0.15) is 50.2 Å². The predicted octanol–water partition coefficient (Wildman–Crippen LogP) is 2.47. The Labute approximate surface area is 91.1 Å². The molecule has 3 nitrogen and oxygen atoms in total. The van der Waals surface area contributed by atoms with Crippen LogP contribution in [-0.4, -0.2) is 11.5 Å². The van der Waals surface area contributed by atoms with Crippen LogP contribution in [0.15, 0.2) is 10.6 Å². The molecule has 2 unspecified atom stereocenters. The van der Waals surface area contributed by atoms with Crippen LogP contribution in [0.25, 0.3) is 0 Å². The first-order chi connectivity index (χ1) is 7.31. The quantitative estimate of drug-likeness (QED) is 0.827. The van der Waals surface area contributed by atoms with Gasteiger partial charge in [-0.3, -0.25) is 0 Å². The molecular weight excluding hydrogens is 188 g/mol. The number of aromatic nitrogens is 1. The summed E-state index contributed by atoms with van der Waals surface area (Å²) in [5.74, 6) is 3.30. The fourth-order valence-electron chi connectivity index (χ4n) is 2.43. The van der Waals surface area contributed by atoms with Crippen LogP contribution in [-0.2, 0) is 6.42 Å². The lowest BCUT2D eigenvalue weighted by Crippen LogP contribution is -2.01. The Bertz CT molecular complexity index is 308. The maximum Gasteiger partial charge on any atom is 0.194 e. The Morgan fingerprint density at radius 1 is 1.53 bits per heavy atom. The zero-order chi connectivity index (χ0) is 10.7. The Hall–Kier alpha value is -0.830. The summed E-state index contributed by atoms with van der Waals surface area (Å²) in [5, 5.41) is 0. The molecule has 0 bridgehead atoms. The molecule has 1 fully saturated rings. The van der Waals surface area contributed by atoms with Crippen molar-refractivity contribution in [1.82, 2.24) is 4.98 Å². The van der Waals surface area contributed by atoms with Crippen molar-refractivity contribution in [3.63, 3.8) is 0 Å². The monoisotopic (exact) mass is 208 g/mol. The lowest BCUT2D eigenvalue weighted by molar-refractivity contribution is 0.388. The normalized spacial score (nSPS) is 26.0. The van der Waals surface area contributed by atoms with Crippen LogP contribution >= 0.6 is 0 Å². The molecule has 1 aliphatic rings. The van der Waals surface area contributed by atoms with Crippen molar-refractivity contribution in [1.29, 1.82) is 0 Å². The van der Waals surface area contributed by atoms with Crippen LogP contribution in [0, 0.1) is 5.92 Å². The molecule has 3 heteroatoms. The number of aryl methyl sites for hydroxylation is 1. The fourth-order valence-corrected chi connectivity index (χ4v) is 2.43. The van der Waals surface area contributed by atoms with E-state index >= 15 is 0 Å². The summed E-state index contributed by atoms with van der Waals surface area (Å²) in [7, 11) is 0. The zero-order valence-electron chi connectivity index (χ0n) is 9.41. The highest BCUT2D eigenvalue weighted by molar-refractivity contribution is 5.05. The Balaban J connectivity index is 1.99. The molecule has 84 valence electrons. The van der Waals surface area contributed by atoms with Gasteiger partial charge in [-0.25, -0.2) is 4.98 Å². The van der Waals surface area contributed by atoms with Gasteiger partial charge < -0.3 is 10.2 Å². The number of rotatable bonds is 4. The largest absolute Gasteiger partial charge is 0.445 e. The molecule has 0 radical (unpaired) electrons. The highest BCUT2D eigenvalue weighted by Crippen LogP contribution is 2.39. The van der Waals surface area contributed by atoms with Gasteiger partial charge in [-0.1, -0.05) is 13.3 Å². The number of hydrogen-bond donors (Lipinski definition) is 1. The maximum atomic E-state index is 5.77. The van der Waals surface area contributed by atoms with Gasteiger partial charge in [0, 0.05) is 12.3 Å². The molecule has 0 amide bonds. The summed E-state index contributed by atoms with van der Waals surface area (Å²) in [6, 6.07) is 0. The van der Waals surface area contributed by atoms with E-state index in [9.17, 15) is 0 Å². The third kappa shape index (κ3) is 2.40. The molecule has 0 aliphatic heterocycles. The molecule has 2 atom stereocenters. The predicted molar refractivity (Wildman–Crippen MR) is 59.6 cm³/mol. The van der Waals surface area contributed by atoms with Crippen molar-refractivity contribution in [3.05, 3.63) is 17.8 Å². The third-order valence-electron chi connectivity index (χ3n) is 3.39. The first-order valence-corrected chi connectivity index (χ1v) is 5.96. The minimum absolute atomic E-state index is 0.601. The maximum absolute atomic E-state index is 5.77. The van der Waals surface area contributed by atoms with E-state index in [1.54, 1.807) is 0 Å². The van der Waals surface area contributed by atoms with E-state index in [0.717, 1.165) is 30.4 Å². The number of hydrogen-bond acceptors (Lipinski definition) is 3. The van der Waals surface area contributed by atoms with E-state index in [0.29, 0.717) is 12.5 Å². The van der Waals surface area contributed by atoms with Crippen LogP contribution in [0.3, 0.4) is 0 Å². The molecule has 0 spiro atoms. The second kappa shape index (κ2) is 4.79. The minimum atomic E-state index is 0.601. The molecule has 1 aromatic heterocycles. The first kappa shape index (κ1) is 10.7. The van der Waals surface area contributed by atoms with Crippen molar-refractivity contribution in [2.45, 2.75) is 44.9 Å². The second-order valence-corrected chi connectivity index (χ2v) is 4.56. The van der Waals surface area contributed by atoms with Crippen molar-refractivity contribution in [2.24, 2.45) is 11.7 Å². The van der Waals surface area contributed by atoms with Gasteiger partial charge in [-0.05, 0) is 31.7 Å². The highest BCUT2D eigenvalue weighted by Gasteiger charge is 2.27. The van der Waals surface area contributed by atoms with E-state index in [2.05, 4.69) is 11.9 Å². The number of nitrogens with zero attached hydrogens (tertiary/aromatic N) is 1. The molecule has 1 aliphatic carbocycles. The third-order valence-corrected chi connectivity index (χ3v) is 3.39. The topological polar surface area (TPSA) is 52.0 Å². The molecule has 1 heterocycles. The SMILES string of the molecule is CC1CCCC1c1cnc(CCCN)o1. The minimum Gasteiger partial charge on any atom is -0.445 e. The van der Waals surface area contributed by atoms with Crippen molar-refractivity contribution < 1.29 is 4.42 Å². The van der Waals surface area contributed by atoms with Crippen molar-refractivity contribution in [3.8, 4) is 0 Å². The number of nitrogens with two attached hydrogens (primary N) is 1. The smallest absolute Gasteiger partial charge is 0.194 e. The van der Waals surface area contributed by atoms with Crippen LogP contribution in [0.5, 0.6) is 0 Å². The second-order valence-electron chi connectivity index (χ2n) is 4.56. The molecule has 15 heavy (non-hydrogen) atoms. The van der Waals surface area contributed by atoms with Gasteiger partial charge in [-0.2, -0.15) is 0 Å². The van der Waals surface area contributed by atoms with Crippen LogP contribution in [0.4, 0.5) is 0 Å². The fraction of sp³-hybridized carbons (Fsp3) is 0.750. The summed E-state index contributed by atoms with van der Waals surface area (Å²) in [5.41, 5.74) is 5.46. The van der Waals surface area contributed by atoms with Crippen LogP contribution < -0.4 is 5.73 Å². The van der Waals surface area contributed by atoms with Crippen molar-refractivity contribution in [2.75, 3.05) is 6.54 Å². The molecule has 0 saturated heterocycles. The average Bonchev–Trinajstić information content (AvgIpc) is 2.83. The molecular formula is C12H20N2O. The van der Waals surface area contributed by atoms with Gasteiger partial charge in [0.1, 0.15) is 5.76 Å². The summed E-state index contributed by atoms with van der Waals surface area (Å²) < 4.78 is 5.77. The molecule has 0 aromatic carbocycles. The summed E-state index contributed by atoms with van der Waals surface area (Å²) in [4.78, 5) is 4.31. The van der Waals surface area contributed by atoms with Gasteiger partial charge in [0.15, 0.2) is 5.89 Å². The summed E-state index contributed by atoms with van der Waals surface area (Å²) in [6.07, 6.45) is 7.65. The highest BCUT2D eigenvalue weighted by atomic mass is 16.4. The van der Waals surface area contributed by atoms with Crippen molar-refractivity contribution >= 4 is 0 Å². The van der Waals surface area contributed by atoms with E-state index in [4.69, 9.17) is 10.2 Å². The lowest BCUT2D eigenvalue weighted by Gasteiger charge is -2.10. The average molecular weight is 208 g/mol. The van der Waals surface area contributed by atoms with Gasteiger partial charge in [0.05, 0.1) is 6.20 Å². The van der Waals surface area contributed by atoms with Gasteiger partial charge in [0.25, 0.3) is 0 Å². The number of oxazole rings is 1. The molecule has 2 N–H and O–H groups in total. The Morgan fingerprint density at radius 3 is 3.07 bits per heavy atom. The van der Waals surface area contributed by atoms with Gasteiger partial charge in [0.2, 0.25) is 0 Å². The Morgan fingerprint density at radius 2 is 2.40 bits per heavy atom. The molecule has 1 saturated carbocycles. The Kier molecular flexibility index (Phi) is 3.41. The zero-order valence-corrected chi connectivity index (χ0v) is 9.41. The van der Waals surface area contributed by atoms with Crippen LogP contribution in [0.2, 0.25) is 0 Å².